The minimum Gasteiger partial charge on any atom is -0.224 e. The minimum atomic E-state index is -3.59. The lowest BCUT2D eigenvalue weighted by Gasteiger charge is -2.17. The summed E-state index contributed by atoms with van der Waals surface area (Å²) < 4.78 is 50.6. The monoisotopic (exact) mass is 417 g/mol. The van der Waals surface area contributed by atoms with Crippen molar-refractivity contribution in [3.05, 3.63) is 77.4 Å². The fraction of sp³-hybridized carbons (Fsp3) is 0.238. The third-order valence-electron chi connectivity index (χ3n) is 4.92. The van der Waals surface area contributed by atoms with Crippen LogP contribution in [-0.4, -0.2) is 40.5 Å². The van der Waals surface area contributed by atoms with Crippen molar-refractivity contribution in [1.29, 1.82) is 0 Å². The van der Waals surface area contributed by atoms with E-state index in [9.17, 15) is 16.8 Å². The van der Waals surface area contributed by atoms with E-state index in [4.69, 9.17) is 0 Å². The molecule has 3 rings (SSSR count). The van der Waals surface area contributed by atoms with Gasteiger partial charge >= 0.3 is 0 Å². The summed E-state index contributed by atoms with van der Waals surface area (Å²) in [5, 5.41) is 0. The molecule has 1 heterocycles. The summed E-state index contributed by atoms with van der Waals surface area (Å²) in [6.07, 6.45) is 1.16. The molecule has 0 aromatic heterocycles. The van der Waals surface area contributed by atoms with E-state index >= 15 is 0 Å². The van der Waals surface area contributed by atoms with E-state index in [-0.39, 0.29) is 16.3 Å². The molecule has 1 aliphatic rings. The Morgan fingerprint density at radius 3 is 1.93 bits per heavy atom. The first-order valence-corrected chi connectivity index (χ1v) is 12.1. The number of hydrogen-bond donors (Lipinski definition) is 0. The molecule has 0 saturated carbocycles. The van der Waals surface area contributed by atoms with E-state index in [0.717, 1.165) is 28.5 Å². The Bertz CT molecular complexity index is 1160. The second-order valence-electron chi connectivity index (χ2n) is 7.12. The van der Waals surface area contributed by atoms with Crippen LogP contribution < -0.4 is 0 Å². The molecule has 0 atom stereocenters. The fourth-order valence-electron chi connectivity index (χ4n) is 3.19. The van der Waals surface area contributed by atoms with E-state index in [1.54, 1.807) is 48.5 Å². The summed E-state index contributed by atoms with van der Waals surface area (Å²) in [4.78, 5) is 0.514. The number of sulfonamides is 1. The Kier molecular flexibility index (Phi) is 5.36. The van der Waals surface area contributed by atoms with Crippen LogP contribution in [0.15, 0.2) is 76.0 Å². The van der Waals surface area contributed by atoms with Gasteiger partial charge in [0, 0.05) is 19.3 Å². The van der Waals surface area contributed by atoms with Crippen molar-refractivity contribution < 1.29 is 16.8 Å². The topological polar surface area (TPSA) is 71.5 Å². The van der Waals surface area contributed by atoms with Gasteiger partial charge in [0.15, 0.2) is 9.84 Å². The van der Waals surface area contributed by atoms with Gasteiger partial charge in [-0.3, -0.25) is 0 Å². The standard InChI is InChI=1S/C21H23NO4S2/c1-15-5-9-20(10-6-15)28(25,26)22-13-16(2)21(14-22)17(3)18-7-11-19(12-8-18)27(4,23)24/h5-12H,3,13-14H2,1-2,4H3. The summed E-state index contributed by atoms with van der Waals surface area (Å²) in [5.74, 6) is 0. The van der Waals surface area contributed by atoms with Crippen LogP contribution in [0.1, 0.15) is 18.1 Å². The largest absolute Gasteiger partial charge is 0.243 e. The summed E-state index contributed by atoms with van der Waals surface area (Å²) in [7, 11) is -6.86. The van der Waals surface area contributed by atoms with Crippen molar-refractivity contribution in [2.75, 3.05) is 19.3 Å². The van der Waals surface area contributed by atoms with Gasteiger partial charge in [-0.25, -0.2) is 16.8 Å². The average Bonchev–Trinajstić information content (AvgIpc) is 3.03. The Morgan fingerprint density at radius 2 is 1.39 bits per heavy atom. The molecule has 0 radical (unpaired) electrons. The van der Waals surface area contributed by atoms with Gasteiger partial charge in [0.05, 0.1) is 9.79 Å². The van der Waals surface area contributed by atoms with Crippen LogP contribution in [-0.2, 0) is 19.9 Å². The number of rotatable bonds is 5. The maximum atomic E-state index is 13.0. The quantitative estimate of drug-likeness (QED) is 0.747. The molecule has 0 unspecified atom stereocenters. The van der Waals surface area contributed by atoms with Gasteiger partial charge in [0.25, 0.3) is 0 Å². The van der Waals surface area contributed by atoms with Gasteiger partial charge in [-0.2, -0.15) is 4.31 Å². The fourth-order valence-corrected chi connectivity index (χ4v) is 5.26. The Morgan fingerprint density at radius 1 is 0.857 bits per heavy atom. The van der Waals surface area contributed by atoms with E-state index in [1.807, 2.05) is 13.8 Å². The molecule has 0 bridgehead atoms. The molecule has 0 saturated heterocycles. The molecule has 2 aromatic carbocycles. The lowest BCUT2D eigenvalue weighted by molar-refractivity contribution is 0.482. The zero-order valence-electron chi connectivity index (χ0n) is 16.1. The first-order chi connectivity index (χ1) is 13.0. The number of sulfone groups is 1. The lowest BCUT2D eigenvalue weighted by Crippen LogP contribution is -2.29. The number of nitrogens with zero attached hydrogens (tertiary/aromatic N) is 1. The molecule has 2 aromatic rings. The first-order valence-electron chi connectivity index (χ1n) is 8.75. The van der Waals surface area contributed by atoms with E-state index < -0.39 is 19.9 Å². The Balaban J connectivity index is 1.83. The van der Waals surface area contributed by atoms with Crippen LogP contribution in [0, 0.1) is 6.92 Å². The van der Waals surface area contributed by atoms with Gasteiger partial charge < -0.3 is 0 Å². The maximum Gasteiger partial charge on any atom is 0.243 e. The highest BCUT2D eigenvalue weighted by Crippen LogP contribution is 2.32. The normalized spacial score (nSPS) is 15.8. The molecule has 0 amide bonds. The third kappa shape index (κ3) is 3.97. The molecule has 148 valence electrons. The highest BCUT2D eigenvalue weighted by Gasteiger charge is 2.31. The maximum absolute atomic E-state index is 13.0. The van der Waals surface area contributed by atoms with Crippen LogP contribution in [0.5, 0.6) is 0 Å². The van der Waals surface area contributed by atoms with Crippen LogP contribution >= 0.6 is 0 Å². The molecule has 0 fully saturated rings. The Labute approximate surface area is 167 Å². The van der Waals surface area contributed by atoms with Crippen LogP contribution in [0.2, 0.25) is 0 Å². The highest BCUT2D eigenvalue weighted by atomic mass is 32.2. The third-order valence-corrected chi connectivity index (χ3v) is 7.85. The SMILES string of the molecule is C=C(C1=C(C)CN(S(=O)(=O)c2ccc(C)cc2)C1)c1ccc(S(C)(=O)=O)cc1. The van der Waals surface area contributed by atoms with Crippen molar-refractivity contribution in [1.82, 2.24) is 4.31 Å². The van der Waals surface area contributed by atoms with E-state index in [1.165, 1.54) is 4.31 Å². The second kappa shape index (κ2) is 7.31. The highest BCUT2D eigenvalue weighted by molar-refractivity contribution is 7.90. The predicted molar refractivity (Wildman–Crippen MR) is 111 cm³/mol. The summed E-state index contributed by atoms with van der Waals surface area (Å²) in [6, 6.07) is 13.3. The van der Waals surface area contributed by atoms with Gasteiger partial charge in [-0.15, -0.1) is 0 Å². The van der Waals surface area contributed by atoms with Gasteiger partial charge in [0.1, 0.15) is 0 Å². The van der Waals surface area contributed by atoms with Gasteiger partial charge in [-0.1, -0.05) is 42.0 Å². The van der Waals surface area contributed by atoms with Crippen molar-refractivity contribution >= 4 is 25.4 Å². The zero-order valence-corrected chi connectivity index (χ0v) is 17.8. The smallest absolute Gasteiger partial charge is 0.224 e. The molecule has 7 heteroatoms. The molecule has 0 aliphatic carbocycles. The first kappa shape index (κ1) is 20.5. The number of hydrogen-bond acceptors (Lipinski definition) is 4. The summed E-state index contributed by atoms with van der Waals surface area (Å²) >= 11 is 0. The van der Waals surface area contributed by atoms with E-state index in [2.05, 4.69) is 6.58 Å². The number of benzene rings is 2. The van der Waals surface area contributed by atoms with Crippen molar-refractivity contribution in [3.8, 4) is 0 Å². The average molecular weight is 418 g/mol. The molecule has 5 nitrogen and oxygen atoms in total. The minimum absolute atomic E-state index is 0.241. The van der Waals surface area contributed by atoms with Gasteiger partial charge in [-0.05, 0) is 54.8 Å². The molecule has 28 heavy (non-hydrogen) atoms. The lowest BCUT2D eigenvalue weighted by atomic mass is 9.98. The molecule has 0 N–H and O–H groups in total. The molecular formula is C21H23NO4S2. The predicted octanol–water partition coefficient (Wildman–Crippen LogP) is 3.43. The van der Waals surface area contributed by atoms with Crippen LogP contribution in [0.25, 0.3) is 5.57 Å². The summed E-state index contributed by atoms with van der Waals surface area (Å²) in [5.41, 5.74) is 4.28. The van der Waals surface area contributed by atoms with Crippen LogP contribution in [0.4, 0.5) is 0 Å². The summed E-state index contributed by atoms with van der Waals surface area (Å²) in [6.45, 7) is 8.49. The zero-order chi connectivity index (χ0) is 20.7. The second-order valence-corrected chi connectivity index (χ2v) is 11.1. The van der Waals surface area contributed by atoms with Crippen molar-refractivity contribution in [2.24, 2.45) is 0 Å². The van der Waals surface area contributed by atoms with Gasteiger partial charge in [0.2, 0.25) is 10.0 Å². The van der Waals surface area contributed by atoms with Crippen molar-refractivity contribution in [3.63, 3.8) is 0 Å². The van der Waals surface area contributed by atoms with Crippen LogP contribution in [0.3, 0.4) is 0 Å². The number of aryl methyl sites for hydroxylation is 1. The van der Waals surface area contributed by atoms with E-state index in [0.29, 0.717) is 12.1 Å². The Hall–Kier alpha value is -2.22. The van der Waals surface area contributed by atoms with Crippen molar-refractivity contribution in [2.45, 2.75) is 23.6 Å². The molecule has 0 spiro atoms. The molecule has 1 aliphatic heterocycles. The molecular weight excluding hydrogens is 394 g/mol.